The van der Waals surface area contributed by atoms with E-state index in [1.54, 1.807) is 6.07 Å². The highest BCUT2D eigenvalue weighted by Gasteiger charge is 2.28. The highest BCUT2D eigenvalue weighted by molar-refractivity contribution is 9.10. The standard InChI is InChI=1S/C19H14BrF4N5O2/c20-14-4-10-5-17(18-26-28-29-27-18)31-16(10)6-12(14)8-25-13-1-2-15(11(3-13)7-21)30-9-19(22,23)24/h1-6,25H,7-9H2,(H,26,27,28,29). The Morgan fingerprint density at radius 2 is 1.97 bits per heavy atom. The van der Waals surface area contributed by atoms with Crippen molar-refractivity contribution in [1.82, 2.24) is 20.6 Å². The molecule has 0 radical (unpaired) electrons. The predicted octanol–water partition coefficient (Wildman–Crippen LogP) is 5.40. The van der Waals surface area contributed by atoms with Crippen LogP contribution in [0.2, 0.25) is 0 Å². The van der Waals surface area contributed by atoms with E-state index in [-0.39, 0.29) is 11.3 Å². The molecule has 0 saturated carbocycles. The average Bonchev–Trinajstić information content (AvgIpc) is 3.39. The lowest BCUT2D eigenvalue weighted by Crippen LogP contribution is -2.19. The molecule has 7 nitrogen and oxygen atoms in total. The molecule has 0 aliphatic carbocycles. The van der Waals surface area contributed by atoms with Crippen molar-refractivity contribution in [3.63, 3.8) is 0 Å². The van der Waals surface area contributed by atoms with Crippen molar-refractivity contribution in [2.45, 2.75) is 19.4 Å². The molecule has 0 aliphatic heterocycles. The van der Waals surface area contributed by atoms with E-state index in [1.807, 2.05) is 12.1 Å². The van der Waals surface area contributed by atoms with E-state index in [1.165, 1.54) is 18.2 Å². The molecule has 0 amide bonds. The molecule has 2 aromatic heterocycles. The molecule has 0 atom stereocenters. The van der Waals surface area contributed by atoms with Gasteiger partial charge in [0.1, 0.15) is 18.0 Å². The van der Waals surface area contributed by atoms with Gasteiger partial charge in [-0.1, -0.05) is 15.9 Å². The molecule has 12 heteroatoms. The van der Waals surface area contributed by atoms with E-state index in [0.717, 1.165) is 15.4 Å². The van der Waals surface area contributed by atoms with Gasteiger partial charge in [-0.15, -0.1) is 5.10 Å². The topological polar surface area (TPSA) is 88.9 Å². The molecule has 4 rings (SSSR count). The molecule has 2 N–H and O–H groups in total. The normalized spacial score (nSPS) is 11.8. The fourth-order valence-corrected chi connectivity index (χ4v) is 3.41. The van der Waals surface area contributed by atoms with Crippen LogP contribution in [0.15, 0.2) is 45.3 Å². The summed E-state index contributed by atoms with van der Waals surface area (Å²) in [6, 6.07) is 9.76. The number of alkyl halides is 4. The van der Waals surface area contributed by atoms with Crippen LogP contribution < -0.4 is 10.1 Å². The van der Waals surface area contributed by atoms with Crippen LogP contribution in [0.1, 0.15) is 11.1 Å². The summed E-state index contributed by atoms with van der Waals surface area (Å²) in [5.74, 6) is 0.746. The second kappa shape index (κ2) is 8.53. The maximum Gasteiger partial charge on any atom is 0.422 e. The van der Waals surface area contributed by atoms with Crippen LogP contribution in [0.3, 0.4) is 0 Å². The van der Waals surface area contributed by atoms with Crippen molar-refractivity contribution in [2.75, 3.05) is 11.9 Å². The number of ether oxygens (including phenoxy) is 1. The van der Waals surface area contributed by atoms with E-state index >= 15 is 0 Å². The summed E-state index contributed by atoms with van der Waals surface area (Å²) in [5, 5.41) is 17.4. The van der Waals surface area contributed by atoms with Crippen LogP contribution >= 0.6 is 15.9 Å². The van der Waals surface area contributed by atoms with Gasteiger partial charge in [0.2, 0.25) is 5.82 Å². The zero-order valence-electron chi connectivity index (χ0n) is 15.6. The maximum atomic E-state index is 13.3. The van der Waals surface area contributed by atoms with Crippen molar-refractivity contribution in [3.8, 4) is 17.3 Å². The molecule has 2 aromatic carbocycles. The molecule has 0 spiro atoms. The lowest BCUT2D eigenvalue weighted by Gasteiger charge is -2.14. The minimum absolute atomic E-state index is 0.0279. The fourth-order valence-electron chi connectivity index (χ4n) is 2.91. The fraction of sp³-hybridized carbons (Fsp3) is 0.211. The Labute approximate surface area is 180 Å². The number of aromatic nitrogens is 4. The third-order valence-electron chi connectivity index (χ3n) is 4.34. The van der Waals surface area contributed by atoms with E-state index < -0.39 is 19.5 Å². The van der Waals surface area contributed by atoms with Crippen LogP contribution in [0.25, 0.3) is 22.6 Å². The van der Waals surface area contributed by atoms with Gasteiger partial charge in [0.15, 0.2) is 12.4 Å². The summed E-state index contributed by atoms with van der Waals surface area (Å²) in [6.45, 7) is -2.08. The van der Waals surface area contributed by atoms with Crippen molar-refractivity contribution in [2.24, 2.45) is 0 Å². The molecule has 0 unspecified atom stereocenters. The Hall–Kier alpha value is -3.15. The Morgan fingerprint density at radius 1 is 1.13 bits per heavy atom. The first-order valence-electron chi connectivity index (χ1n) is 8.91. The lowest BCUT2D eigenvalue weighted by molar-refractivity contribution is -0.153. The molecular formula is C19H14BrF4N5O2. The van der Waals surface area contributed by atoms with Crippen LogP contribution in [0, 0.1) is 0 Å². The number of anilines is 1. The zero-order chi connectivity index (χ0) is 22.0. The molecule has 4 aromatic rings. The van der Waals surface area contributed by atoms with Crippen molar-refractivity contribution < 1.29 is 26.7 Å². The number of fused-ring (bicyclic) bond motifs is 1. The van der Waals surface area contributed by atoms with Gasteiger partial charge in [-0.2, -0.15) is 13.2 Å². The van der Waals surface area contributed by atoms with E-state index in [2.05, 4.69) is 46.6 Å². The first kappa shape index (κ1) is 21.1. The lowest BCUT2D eigenvalue weighted by atomic mass is 10.1. The minimum Gasteiger partial charge on any atom is -0.484 e. The van der Waals surface area contributed by atoms with Crippen molar-refractivity contribution in [3.05, 3.63) is 52.0 Å². The average molecular weight is 500 g/mol. The summed E-state index contributed by atoms with van der Waals surface area (Å²) >= 11 is 3.51. The smallest absolute Gasteiger partial charge is 0.422 e. The van der Waals surface area contributed by atoms with E-state index in [9.17, 15) is 17.6 Å². The van der Waals surface area contributed by atoms with Gasteiger partial charge < -0.3 is 14.5 Å². The first-order valence-corrected chi connectivity index (χ1v) is 9.70. The number of nitrogens with one attached hydrogen (secondary N) is 2. The number of hydrogen-bond acceptors (Lipinski definition) is 6. The summed E-state index contributed by atoms with van der Waals surface area (Å²) in [5.41, 5.74) is 2.03. The van der Waals surface area contributed by atoms with Gasteiger partial charge in [0, 0.05) is 27.7 Å². The van der Waals surface area contributed by atoms with Gasteiger partial charge in [-0.25, -0.2) is 9.49 Å². The Bertz CT molecular complexity index is 1190. The van der Waals surface area contributed by atoms with Crippen LogP contribution in [-0.4, -0.2) is 33.4 Å². The monoisotopic (exact) mass is 499 g/mol. The summed E-state index contributed by atoms with van der Waals surface area (Å²) in [4.78, 5) is 0. The Balaban J connectivity index is 1.50. The Morgan fingerprint density at radius 3 is 2.68 bits per heavy atom. The number of nitrogens with zero attached hydrogens (tertiary/aromatic N) is 3. The molecule has 0 bridgehead atoms. The van der Waals surface area contributed by atoms with Gasteiger partial charge in [0.05, 0.1) is 0 Å². The largest absolute Gasteiger partial charge is 0.484 e. The molecule has 31 heavy (non-hydrogen) atoms. The molecule has 0 fully saturated rings. The molecule has 0 aliphatic rings. The molecule has 2 heterocycles. The maximum absolute atomic E-state index is 13.3. The van der Waals surface area contributed by atoms with Gasteiger partial charge in [0.25, 0.3) is 0 Å². The third-order valence-corrected chi connectivity index (χ3v) is 5.08. The van der Waals surface area contributed by atoms with Crippen LogP contribution in [0.5, 0.6) is 5.75 Å². The SMILES string of the molecule is FCc1cc(NCc2cc3oc(-c4nnn[nH]4)cc3cc2Br)ccc1OCC(F)(F)F. The van der Waals surface area contributed by atoms with Crippen molar-refractivity contribution in [1.29, 1.82) is 0 Å². The van der Waals surface area contributed by atoms with E-state index in [4.69, 9.17) is 4.42 Å². The number of halogens is 5. The summed E-state index contributed by atoms with van der Waals surface area (Å²) in [6.07, 6.45) is -4.49. The highest BCUT2D eigenvalue weighted by atomic mass is 79.9. The van der Waals surface area contributed by atoms with Crippen LogP contribution in [0.4, 0.5) is 23.2 Å². The number of furan rings is 1. The summed E-state index contributed by atoms with van der Waals surface area (Å²) in [7, 11) is 0. The van der Waals surface area contributed by atoms with Gasteiger partial charge in [-0.05, 0) is 52.4 Å². The highest BCUT2D eigenvalue weighted by Crippen LogP contribution is 2.31. The summed E-state index contributed by atoms with van der Waals surface area (Å²) < 4.78 is 61.6. The number of aromatic amines is 1. The number of benzene rings is 2. The Kier molecular flexibility index (Phi) is 5.81. The molecule has 162 valence electrons. The number of H-pyrrole nitrogens is 1. The number of tetrazole rings is 1. The van der Waals surface area contributed by atoms with Gasteiger partial charge in [-0.3, -0.25) is 0 Å². The predicted molar refractivity (Wildman–Crippen MR) is 107 cm³/mol. The quantitative estimate of drug-likeness (QED) is 0.331. The second-order valence-corrected chi connectivity index (χ2v) is 7.41. The molecular weight excluding hydrogens is 486 g/mol. The van der Waals surface area contributed by atoms with Gasteiger partial charge >= 0.3 is 6.18 Å². The van der Waals surface area contributed by atoms with Crippen molar-refractivity contribution >= 4 is 32.6 Å². The minimum atomic E-state index is -4.49. The van der Waals surface area contributed by atoms with Crippen LogP contribution in [-0.2, 0) is 13.2 Å². The first-order chi connectivity index (χ1) is 14.8. The van der Waals surface area contributed by atoms with E-state index in [0.29, 0.717) is 29.4 Å². The number of hydrogen-bond donors (Lipinski definition) is 2. The number of rotatable bonds is 7. The molecule has 0 saturated heterocycles. The second-order valence-electron chi connectivity index (χ2n) is 6.56. The third kappa shape index (κ3) is 4.95. The zero-order valence-corrected chi connectivity index (χ0v) is 17.2.